The lowest BCUT2D eigenvalue weighted by Crippen LogP contribution is -2.46. The van der Waals surface area contributed by atoms with Gasteiger partial charge in [-0.05, 0) is 37.1 Å². The van der Waals surface area contributed by atoms with Crippen molar-refractivity contribution in [3.8, 4) is 5.75 Å². The summed E-state index contributed by atoms with van der Waals surface area (Å²) in [5.41, 5.74) is 5.55. The molecule has 1 amide bonds. The number of likely N-dealkylation sites (tertiary alicyclic amines) is 1. The van der Waals surface area contributed by atoms with Crippen molar-refractivity contribution in [2.24, 2.45) is 5.73 Å². The van der Waals surface area contributed by atoms with E-state index in [4.69, 9.17) is 26.8 Å². The number of piperidine rings is 1. The Hall–Kier alpha value is -1.34. The van der Waals surface area contributed by atoms with E-state index in [1.165, 1.54) is 0 Å². The lowest BCUT2D eigenvalue weighted by Gasteiger charge is -2.32. The fourth-order valence-electron chi connectivity index (χ4n) is 2.88. The Balaban J connectivity index is 1.61. The summed E-state index contributed by atoms with van der Waals surface area (Å²) in [7, 11) is 1.58. The molecule has 0 spiro atoms. The van der Waals surface area contributed by atoms with Crippen LogP contribution in [-0.4, -0.2) is 62.8 Å². The third-order valence-corrected chi connectivity index (χ3v) is 4.70. The van der Waals surface area contributed by atoms with Crippen molar-refractivity contribution < 1.29 is 14.3 Å². The number of nitrogens with one attached hydrogen (secondary N) is 1. The van der Waals surface area contributed by atoms with Crippen molar-refractivity contribution in [3.05, 3.63) is 29.3 Å². The smallest absolute Gasteiger partial charge is 0.222 e. The van der Waals surface area contributed by atoms with E-state index in [-0.39, 0.29) is 18.1 Å². The van der Waals surface area contributed by atoms with Gasteiger partial charge in [0.05, 0.1) is 12.5 Å². The topological polar surface area (TPSA) is 76.8 Å². The van der Waals surface area contributed by atoms with Crippen molar-refractivity contribution in [1.82, 2.24) is 10.2 Å². The van der Waals surface area contributed by atoms with E-state index in [2.05, 4.69) is 10.2 Å². The van der Waals surface area contributed by atoms with Crippen LogP contribution in [0.4, 0.5) is 0 Å². The summed E-state index contributed by atoms with van der Waals surface area (Å²) in [5, 5.41) is 3.79. The molecule has 1 saturated heterocycles. The number of ether oxygens (including phenoxy) is 2. The van der Waals surface area contributed by atoms with Crippen LogP contribution in [0, 0.1) is 0 Å². The zero-order chi connectivity index (χ0) is 18.1. The van der Waals surface area contributed by atoms with Gasteiger partial charge in [0.15, 0.2) is 0 Å². The Labute approximate surface area is 154 Å². The van der Waals surface area contributed by atoms with Gasteiger partial charge in [-0.3, -0.25) is 9.69 Å². The van der Waals surface area contributed by atoms with Crippen molar-refractivity contribution >= 4 is 17.5 Å². The fraction of sp³-hybridized carbons (Fsp3) is 0.611. The molecule has 3 N–H and O–H groups in total. The summed E-state index contributed by atoms with van der Waals surface area (Å²) < 4.78 is 10.9. The van der Waals surface area contributed by atoms with E-state index >= 15 is 0 Å². The monoisotopic (exact) mass is 369 g/mol. The van der Waals surface area contributed by atoms with Crippen molar-refractivity contribution in [3.63, 3.8) is 0 Å². The number of halogens is 1. The first-order chi connectivity index (χ1) is 12.1. The molecule has 0 saturated carbocycles. The number of methoxy groups -OCH3 is 1. The summed E-state index contributed by atoms with van der Waals surface area (Å²) in [6.45, 7) is 3.79. The molecule has 140 valence electrons. The van der Waals surface area contributed by atoms with Crippen LogP contribution in [0.25, 0.3) is 0 Å². The number of amides is 1. The Morgan fingerprint density at radius 1 is 1.36 bits per heavy atom. The van der Waals surface area contributed by atoms with Crippen LogP contribution in [0.5, 0.6) is 5.75 Å². The van der Waals surface area contributed by atoms with E-state index in [1.54, 1.807) is 7.11 Å². The Morgan fingerprint density at radius 2 is 2.04 bits per heavy atom. The first-order valence-corrected chi connectivity index (χ1v) is 9.11. The SMILES string of the molecule is COC(CN)CC(=O)NC1CCN(CCOc2ccc(Cl)cc2)CC1. The second kappa shape index (κ2) is 10.6. The van der Waals surface area contributed by atoms with Gasteiger partial charge >= 0.3 is 0 Å². The number of carbonyl (C=O) groups is 1. The van der Waals surface area contributed by atoms with Crippen LogP contribution in [0.15, 0.2) is 24.3 Å². The highest BCUT2D eigenvalue weighted by atomic mass is 35.5. The molecule has 1 heterocycles. The summed E-state index contributed by atoms with van der Waals surface area (Å²) in [6, 6.07) is 7.63. The maximum atomic E-state index is 12.0. The first-order valence-electron chi connectivity index (χ1n) is 8.73. The van der Waals surface area contributed by atoms with Crippen molar-refractivity contribution in [2.75, 3.05) is 39.9 Å². The lowest BCUT2D eigenvalue weighted by atomic mass is 10.0. The van der Waals surface area contributed by atoms with Crippen LogP contribution in [0.3, 0.4) is 0 Å². The molecule has 1 fully saturated rings. The van der Waals surface area contributed by atoms with Gasteiger partial charge in [-0.1, -0.05) is 11.6 Å². The predicted molar refractivity (Wildman–Crippen MR) is 99.0 cm³/mol. The average Bonchev–Trinajstić information content (AvgIpc) is 2.63. The van der Waals surface area contributed by atoms with E-state index < -0.39 is 0 Å². The number of nitrogens with two attached hydrogens (primary N) is 1. The molecular formula is C18H28ClN3O3. The van der Waals surface area contributed by atoms with Gasteiger partial charge < -0.3 is 20.5 Å². The number of hydrogen-bond donors (Lipinski definition) is 2. The Morgan fingerprint density at radius 3 is 2.64 bits per heavy atom. The number of hydrogen-bond acceptors (Lipinski definition) is 5. The number of rotatable bonds is 9. The van der Waals surface area contributed by atoms with E-state index in [1.807, 2.05) is 24.3 Å². The highest BCUT2D eigenvalue weighted by Crippen LogP contribution is 2.16. The minimum absolute atomic E-state index is 0.0156. The molecule has 0 aliphatic carbocycles. The second-order valence-corrected chi connectivity index (χ2v) is 6.72. The molecule has 1 aromatic rings. The van der Waals surface area contributed by atoms with Gasteiger partial charge in [0.25, 0.3) is 0 Å². The van der Waals surface area contributed by atoms with Gasteiger partial charge in [0.1, 0.15) is 12.4 Å². The molecular weight excluding hydrogens is 342 g/mol. The van der Waals surface area contributed by atoms with Crippen LogP contribution >= 0.6 is 11.6 Å². The molecule has 7 heteroatoms. The van der Waals surface area contributed by atoms with Crippen molar-refractivity contribution in [1.29, 1.82) is 0 Å². The van der Waals surface area contributed by atoms with Crippen LogP contribution in [0.2, 0.25) is 5.02 Å². The zero-order valence-corrected chi connectivity index (χ0v) is 15.5. The van der Waals surface area contributed by atoms with E-state index in [0.29, 0.717) is 24.6 Å². The lowest BCUT2D eigenvalue weighted by molar-refractivity contribution is -0.124. The van der Waals surface area contributed by atoms with Crippen molar-refractivity contribution in [2.45, 2.75) is 31.4 Å². The van der Waals surface area contributed by atoms with Gasteiger partial charge in [-0.2, -0.15) is 0 Å². The Bertz CT molecular complexity index is 515. The van der Waals surface area contributed by atoms with Gasteiger partial charge in [0, 0.05) is 44.4 Å². The maximum Gasteiger partial charge on any atom is 0.222 e. The predicted octanol–water partition coefficient (Wildman–Crippen LogP) is 1.66. The molecule has 25 heavy (non-hydrogen) atoms. The average molecular weight is 370 g/mol. The summed E-state index contributed by atoms with van der Waals surface area (Å²) in [5.74, 6) is 0.848. The third kappa shape index (κ3) is 7.20. The van der Waals surface area contributed by atoms with Gasteiger partial charge in [-0.15, -0.1) is 0 Å². The third-order valence-electron chi connectivity index (χ3n) is 4.45. The van der Waals surface area contributed by atoms with Crippen LogP contribution in [-0.2, 0) is 9.53 Å². The summed E-state index contributed by atoms with van der Waals surface area (Å²) in [4.78, 5) is 14.3. The fourth-order valence-corrected chi connectivity index (χ4v) is 3.01. The number of nitrogens with zero attached hydrogens (tertiary/aromatic N) is 1. The minimum atomic E-state index is -0.204. The molecule has 1 aliphatic rings. The summed E-state index contributed by atoms with van der Waals surface area (Å²) >= 11 is 5.85. The molecule has 1 aliphatic heterocycles. The second-order valence-electron chi connectivity index (χ2n) is 6.28. The highest BCUT2D eigenvalue weighted by molar-refractivity contribution is 6.30. The van der Waals surface area contributed by atoms with E-state index in [0.717, 1.165) is 38.2 Å². The largest absolute Gasteiger partial charge is 0.492 e. The Kier molecular flexibility index (Phi) is 8.48. The normalized spacial score (nSPS) is 17.2. The van der Waals surface area contributed by atoms with Crippen LogP contribution in [0.1, 0.15) is 19.3 Å². The number of carbonyl (C=O) groups excluding carboxylic acids is 1. The molecule has 1 unspecified atom stereocenters. The molecule has 2 rings (SSSR count). The summed E-state index contributed by atoms with van der Waals surface area (Å²) in [6.07, 6.45) is 2.02. The van der Waals surface area contributed by atoms with Gasteiger partial charge in [-0.25, -0.2) is 0 Å². The van der Waals surface area contributed by atoms with Gasteiger partial charge in [0.2, 0.25) is 5.91 Å². The zero-order valence-electron chi connectivity index (χ0n) is 14.7. The maximum absolute atomic E-state index is 12.0. The molecule has 1 aromatic carbocycles. The number of benzene rings is 1. The standard InChI is InChI=1S/C18H28ClN3O3/c1-24-17(13-20)12-18(23)21-15-6-8-22(9-7-15)10-11-25-16-4-2-14(19)3-5-16/h2-5,15,17H,6-13,20H2,1H3,(H,21,23). The molecule has 0 radical (unpaired) electrons. The molecule has 0 bridgehead atoms. The molecule has 0 aromatic heterocycles. The van der Waals surface area contributed by atoms with Crippen LogP contribution < -0.4 is 15.8 Å². The first kappa shape index (κ1) is 20.0. The highest BCUT2D eigenvalue weighted by Gasteiger charge is 2.21. The minimum Gasteiger partial charge on any atom is -0.492 e. The van der Waals surface area contributed by atoms with E-state index in [9.17, 15) is 4.79 Å². The molecule has 6 nitrogen and oxygen atoms in total. The molecule has 1 atom stereocenters. The quantitative estimate of drug-likeness (QED) is 0.692.